The van der Waals surface area contributed by atoms with Crippen LogP contribution in [0, 0.1) is 0 Å². The molecule has 4 heteroatoms. The van der Waals surface area contributed by atoms with Crippen molar-refractivity contribution in [3.63, 3.8) is 0 Å². The molecule has 0 atom stereocenters. The first-order valence-corrected chi connectivity index (χ1v) is 10.3. The number of phenols is 1. The average molecular weight is 397 g/mol. The van der Waals surface area contributed by atoms with Crippen LogP contribution >= 0.6 is 0 Å². The molecule has 0 radical (unpaired) electrons. The van der Waals surface area contributed by atoms with E-state index in [1.54, 1.807) is 12.1 Å². The first kappa shape index (κ1) is 18.5. The van der Waals surface area contributed by atoms with Gasteiger partial charge in [0.05, 0.1) is 5.69 Å². The molecule has 1 heterocycles. The van der Waals surface area contributed by atoms with Gasteiger partial charge in [0.15, 0.2) is 0 Å². The Morgan fingerprint density at radius 3 is 2.57 bits per heavy atom. The summed E-state index contributed by atoms with van der Waals surface area (Å²) >= 11 is 0. The first-order valence-electron chi connectivity index (χ1n) is 10.3. The van der Waals surface area contributed by atoms with Gasteiger partial charge in [0.1, 0.15) is 11.3 Å². The molecule has 3 aromatic carbocycles. The fourth-order valence-electron chi connectivity index (χ4n) is 4.51. The molecule has 1 aromatic heterocycles. The molecular formula is C26H23NO3. The molecule has 4 nitrogen and oxygen atoms in total. The zero-order valence-electron chi connectivity index (χ0n) is 17.0. The lowest BCUT2D eigenvalue weighted by Gasteiger charge is -2.18. The highest BCUT2D eigenvalue weighted by Crippen LogP contribution is 2.41. The monoisotopic (exact) mass is 397 g/mol. The lowest BCUT2D eigenvalue weighted by Crippen LogP contribution is -2.06. The lowest BCUT2D eigenvalue weighted by molar-refractivity contribution is 0.0693. The Morgan fingerprint density at radius 1 is 1.00 bits per heavy atom. The van der Waals surface area contributed by atoms with E-state index in [4.69, 9.17) is 0 Å². The number of aryl methyl sites for hydroxylation is 2. The SMILES string of the molecule is CC(C)c1cccc(-c2ccc3c4c([nH]c3c2)-c2cc(O)c(C(=O)O)cc2CC4)c1. The Labute approximate surface area is 174 Å². The smallest absolute Gasteiger partial charge is 0.339 e. The summed E-state index contributed by atoms with van der Waals surface area (Å²) in [5.41, 5.74) is 8.73. The van der Waals surface area contributed by atoms with Gasteiger partial charge in [-0.25, -0.2) is 4.79 Å². The predicted molar refractivity (Wildman–Crippen MR) is 119 cm³/mol. The molecule has 0 fully saturated rings. The minimum absolute atomic E-state index is 0.0411. The van der Waals surface area contributed by atoms with E-state index >= 15 is 0 Å². The molecule has 0 spiro atoms. The average Bonchev–Trinajstić information content (AvgIpc) is 3.11. The van der Waals surface area contributed by atoms with Gasteiger partial charge in [-0.3, -0.25) is 0 Å². The molecule has 1 aliphatic rings. The standard InChI is InChI=1S/C26H23NO3/c1-14(2)15-4-3-5-16(10-15)17-6-8-19-20-9-7-18-11-22(26(29)30)24(28)13-21(18)25(20)27-23(19)12-17/h3-6,8,10-14,27-28H,7,9H2,1-2H3,(H,29,30). The Kier molecular flexibility index (Phi) is 4.17. The molecule has 0 aliphatic heterocycles. The van der Waals surface area contributed by atoms with Crippen molar-refractivity contribution in [2.45, 2.75) is 32.6 Å². The van der Waals surface area contributed by atoms with Gasteiger partial charge in [0, 0.05) is 16.5 Å². The second-order valence-corrected chi connectivity index (χ2v) is 8.35. The van der Waals surface area contributed by atoms with Gasteiger partial charge >= 0.3 is 5.97 Å². The number of carboxylic acids is 1. The largest absolute Gasteiger partial charge is 0.507 e. The fourth-order valence-corrected chi connectivity index (χ4v) is 4.51. The molecule has 150 valence electrons. The van der Waals surface area contributed by atoms with Gasteiger partial charge in [-0.15, -0.1) is 0 Å². The number of aromatic hydroxyl groups is 1. The number of nitrogens with one attached hydrogen (secondary N) is 1. The van der Waals surface area contributed by atoms with Crippen LogP contribution in [0.15, 0.2) is 54.6 Å². The van der Waals surface area contributed by atoms with Crippen LogP contribution in [-0.2, 0) is 12.8 Å². The van der Waals surface area contributed by atoms with Crippen molar-refractivity contribution in [1.82, 2.24) is 4.98 Å². The molecule has 5 rings (SSSR count). The number of rotatable bonds is 3. The van der Waals surface area contributed by atoms with Crippen molar-refractivity contribution < 1.29 is 15.0 Å². The molecule has 1 aliphatic carbocycles. The van der Waals surface area contributed by atoms with Gasteiger partial charge in [0.2, 0.25) is 0 Å². The van der Waals surface area contributed by atoms with Crippen LogP contribution in [0.4, 0.5) is 0 Å². The van der Waals surface area contributed by atoms with E-state index in [0.29, 0.717) is 5.92 Å². The zero-order chi connectivity index (χ0) is 21.0. The number of carboxylic acid groups (broad SMARTS) is 1. The number of aromatic carboxylic acids is 1. The van der Waals surface area contributed by atoms with E-state index in [0.717, 1.165) is 40.7 Å². The van der Waals surface area contributed by atoms with E-state index in [-0.39, 0.29) is 11.3 Å². The number of aromatic nitrogens is 1. The van der Waals surface area contributed by atoms with Crippen LogP contribution in [0.1, 0.15) is 46.8 Å². The topological polar surface area (TPSA) is 73.3 Å². The van der Waals surface area contributed by atoms with Gasteiger partial charge in [-0.1, -0.05) is 50.2 Å². The van der Waals surface area contributed by atoms with Crippen molar-refractivity contribution in [1.29, 1.82) is 0 Å². The van der Waals surface area contributed by atoms with Gasteiger partial charge < -0.3 is 15.2 Å². The minimum atomic E-state index is -1.11. The maximum Gasteiger partial charge on any atom is 0.339 e. The Bertz CT molecular complexity index is 1310. The van der Waals surface area contributed by atoms with Crippen LogP contribution in [0.25, 0.3) is 33.3 Å². The van der Waals surface area contributed by atoms with Crippen LogP contribution in [0.3, 0.4) is 0 Å². The van der Waals surface area contributed by atoms with E-state index in [2.05, 4.69) is 61.3 Å². The van der Waals surface area contributed by atoms with Crippen molar-refractivity contribution in [2.75, 3.05) is 0 Å². The summed E-state index contributed by atoms with van der Waals surface area (Å²) in [6.07, 6.45) is 1.60. The molecule has 30 heavy (non-hydrogen) atoms. The van der Waals surface area contributed by atoms with Gasteiger partial charge in [-0.2, -0.15) is 0 Å². The van der Waals surface area contributed by atoms with Crippen molar-refractivity contribution in [3.05, 3.63) is 76.9 Å². The molecule has 0 saturated heterocycles. The molecule has 3 N–H and O–H groups in total. The highest BCUT2D eigenvalue weighted by atomic mass is 16.4. The van der Waals surface area contributed by atoms with Crippen LogP contribution in [-0.4, -0.2) is 21.2 Å². The van der Waals surface area contributed by atoms with Crippen LogP contribution in [0.2, 0.25) is 0 Å². The number of fused-ring (bicyclic) bond motifs is 5. The molecule has 0 unspecified atom stereocenters. The third kappa shape index (κ3) is 2.88. The maximum atomic E-state index is 11.4. The Morgan fingerprint density at radius 2 is 1.80 bits per heavy atom. The quantitative estimate of drug-likeness (QED) is 0.389. The summed E-state index contributed by atoms with van der Waals surface area (Å²) in [6, 6.07) is 18.3. The number of benzene rings is 3. The summed E-state index contributed by atoms with van der Waals surface area (Å²) in [5, 5.41) is 20.7. The van der Waals surface area contributed by atoms with Gasteiger partial charge in [-0.05, 0) is 64.8 Å². The summed E-state index contributed by atoms with van der Waals surface area (Å²) in [4.78, 5) is 14.9. The van der Waals surface area contributed by atoms with Gasteiger partial charge in [0.25, 0.3) is 0 Å². The van der Waals surface area contributed by atoms with Crippen molar-refractivity contribution >= 4 is 16.9 Å². The van der Waals surface area contributed by atoms with E-state index in [1.807, 2.05) is 0 Å². The molecule has 0 bridgehead atoms. The maximum absolute atomic E-state index is 11.4. The third-order valence-electron chi connectivity index (χ3n) is 6.16. The summed E-state index contributed by atoms with van der Waals surface area (Å²) < 4.78 is 0. The summed E-state index contributed by atoms with van der Waals surface area (Å²) in [5.74, 6) is -0.823. The lowest BCUT2D eigenvalue weighted by atomic mass is 9.87. The van der Waals surface area contributed by atoms with E-state index in [9.17, 15) is 15.0 Å². The predicted octanol–water partition coefficient (Wildman–Crippen LogP) is 6.13. The number of hydrogen-bond acceptors (Lipinski definition) is 2. The number of carbonyl (C=O) groups is 1. The zero-order valence-corrected chi connectivity index (χ0v) is 17.0. The molecule has 0 amide bonds. The normalized spacial score (nSPS) is 12.8. The molecule has 0 saturated carbocycles. The number of hydrogen-bond donors (Lipinski definition) is 3. The highest BCUT2D eigenvalue weighted by molar-refractivity contribution is 5.97. The summed E-state index contributed by atoms with van der Waals surface area (Å²) in [6.45, 7) is 4.40. The highest BCUT2D eigenvalue weighted by Gasteiger charge is 2.24. The molecular weight excluding hydrogens is 374 g/mol. The Hall–Kier alpha value is -3.53. The van der Waals surface area contributed by atoms with Crippen molar-refractivity contribution in [3.8, 4) is 28.1 Å². The molecule has 4 aromatic rings. The van der Waals surface area contributed by atoms with Crippen LogP contribution < -0.4 is 0 Å². The second kappa shape index (κ2) is 6.77. The number of H-pyrrole nitrogens is 1. The fraction of sp³-hybridized carbons (Fsp3) is 0.192. The van der Waals surface area contributed by atoms with Crippen LogP contribution in [0.5, 0.6) is 5.75 Å². The van der Waals surface area contributed by atoms with E-state index in [1.165, 1.54) is 22.1 Å². The third-order valence-corrected chi connectivity index (χ3v) is 6.16. The number of aromatic amines is 1. The summed E-state index contributed by atoms with van der Waals surface area (Å²) in [7, 11) is 0. The Balaban J connectivity index is 1.64. The van der Waals surface area contributed by atoms with Crippen molar-refractivity contribution in [2.24, 2.45) is 0 Å². The second-order valence-electron chi connectivity index (χ2n) is 8.35. The first-order chi connectivity index (χ1) is 14.4. The van der Waals surface area contributed by atoms with E-state index < -0.39 is 5.97 Å². The minimum Gasteiger partial charge on any atom is -0.507 e.